The Morgan fingerprint density at radius 3 is 2.37 bits per heavy atom. The minimum atomic E-state index is -1.73. The van der Waals surface area contributed by atoms with E-state index in [1.807, 2.05) is 13.0 Å². The predicted molar refractivity (Wildman–Crippen MR) is 90.0 cm³/mol. The van der Waals surface area contributed by atoms with Gasteiger partial charge in [-0.25, -0.2) is 8.78 Å². The highest BCUT2D eigenvalue weighted by Crippen LogP contribution is 2.35. The Balaban J connectivity index is 1.98. The maximum Gasteiger partial charge on any atom is 0.252 e. The van der Waals surface area contributed by atoms with E-state index in [9.17, 15) is 17.6 Å². The number of hydrogen-bond acceptors (Lipinski definition) is 5. The minimum Gasteiger partial charge on any atom is -0.497 e. The second kappa shape index (κ2) is 6.38. The molecular weight excluding hydrogens is 384 g/mol. The fourth-order valence-electron chi connectivity index (χ4n) is 2.74. The summed E-state index contributed by atoms with van der Waals surface area (Å²) in [6.07, 6.45) is 0. The van der Waals surface area contributed by atoms with Crippen molar-refractivity contribution in [2.45, 2.75) is 17.0 Å². The zero-order valence-electron chi connectivity index (χ0n) is 13.9. The first-order chi connectivity index (χ1) is 12.9. The van der Waals surface area contributed by atoms with E-state index in [1.54, 1.807) is 18.2 Å². The van der Waals surface area contributed by atoms with Crippen LogP contribution in [0.2, 0.25) is 0 Å². The van der Waals surface area contributed by atoms with Crippen LogP contribution in [0.1, 0.15) is 5.56 Å². The SMILES string of the molecule is COc1ccc2c(C)cc3nnc(Sc4c(F)c(F)nc(F)c4F)n3c2c1. The highest BCUT2D eigenvalue weighted by Gasteiger charge is 2.24. The highest BCUT2D eigenvalue weighted by atomic mass is 32.2. The van der Waals surface area contributed by atoms with Gasteiger partial charge in [0.15, 0.2) is 17.3 Å². The van der Waals surface area contributed by atoms with Gasteiger partial charge in [-0.15, -0.1) is 10.2 Å². The van der Waals surface area contributed by atoms with Gasteiger partial charge in [0.25, 0.3) is 11.9 Å². The summed E-state index contributed by atoms with van der Waals surface area (Å²) >= 11 is 0.418. The van der Waals surface area contributed by atoms with Gasteiger partial charge in [0.05, 0.1) is 17.5 Å². The van der Waals surface area contributed by atoms with Crippen LogP contribution in [0.4, 0.5) is 17.6 Å². The summed E-state index contributed by atoms with van der Waals surface area (Å²) < 4.78 is 61.5. The largest absolute Gasteiger partial charge is 0.497 e. The van der Waals surface area contributed by atoms with Crippen LogP contribution in [-0.4, -0.2) is 26.7 Å². The van der Waals surface area contributed by atoms with Crippen LogP contribution in [0, 0.1) is 30.5 Å². The van der Waals surface area contributed by atoms with E-state index in [1.165, 1.54) is 11.5 Å². The first-order valence-electron chi connectivity index (χ1n) is 7.61. The van der Waals surface area contributed by atoms with Gasteiger partial charge in [0.1, 0.15) is 5.75 Å². The second-order valence-corrected chi connectivity index (χ2v) is 6.62. The Bertz CT molecular complexity index is 1180. The number of fused-ring (bicyclic) bond motifs is 3. The van der Waals surface area contributed by atoms with Crippen molar-refractivity contribution >= 4 is 28.3 Å². The summed E-state index contributed by atoms with van der Waals surface area (Å²) in [5.41, 5.74) is 1.93. The van der Waals surface area contributed by atoms with Crippen molar-refractivity contribution in [3.05, 3.63) is 53.4 Å². The third kappa shape index (κ3) is 2.76. The topological polar surface area (TPSA) is 52.3 Å². The monoisotopic (exact) mass is 394 g/mol. The van der Waals surface area contributed by atoms with Crippen molar-refractivity contribution in [2.24, 2.45) is 0 Å². The number of aromatic nitrogens is 4. The van der Waals surface area contributed by atoms with E-state index < -0.39 is 28.4 Å². The molecule has 0 aliphatic heterocycles. The average molecular weight is 394 g/mol. The molecule has 4 rings (SSSR count). The number of ether oxygens (including phenoxy) is 1. The first-order valence-corrected chi connectivity index (χ1v) is 8.42. The molecule has 3 aromatic heterocycles. The van der Waals surface area contributed by atoms with Gasteiger partial charge in [0, 0.05) is 11.5 Å². The van der Waals surface area contributed by atoms with E-state index in [2.05, 4.69) is 15.2 Å². The standard InChI is InChI=1S/C17H10F4N4OS/c1-7-5-11-23-24-17(25(11)10-6-8(26-2)3-4-9(7)10)27-14-12(18)15(20)22-16(21)13(14)19/h3-6H,1-2H3. The highest BCUT2D eigenvalue weighted by molar-refractivity contribution is 7.99. The van der Waals surface area contributed by atoms with Crippen LogP contribution in [-0.2, 0) is 0 Å². The van der Waals surface area contributed by atoms with Crippen molar-refractivity contribution in [2.75, 3.05) is 7.11 Å². The predicted octanol–water partition coefficient (Wildman–Crippen LogP) is 4.30. The molecule has 138 valence electrons. The number of benzene rings is 1. The molecule has 4 aromatic rings. The summed E-state index contributed by atoms with van der Waals surface area (Å²) in [7, 11) is 1.50. The third-order valence-corrected chi connectivity index (χ3v) is 5.03. The number of aryl methyl sites for hydroxylation is 1. The van der Waals surface area contributed by atoms with Gasteiger partial charge in [-0.3, -0.25) is 4.40 Å². The summed E-state index contributed by atoms with van der Waals surface area (Å²) in [6, 6.07) is 7.05. The van der Waals surface area contributed by atoms with Crippen molar-refractivity contribution in [1.29, 1.82) is 0 Å². The summed E-state index contributed by atoms with van der Waals surface area (Å²) in [4.78, 5) is 1.67. The maximum absolute atomic E-state index is 14.0. The first kappa shape index (κ1) is 17.5. The van der Waals surface area contributed by atoms with Crippen LogP contribution >= 0.6 is 11.8 Å². The lowest BCUT2D eigenvalue weighted by Gasteiger charge is -2.10. The molecule has 0 atom stereocenters. The minimum absolute atomic E-state index is 0.0334. The lowest BCUT2D eigenvalue weighted by Crippen LogP contribution is -2.03. The molecule has 0 unspecified atom stereocenters. The quantitative estimate of drug-likeness (QED) is 0.383. The fourth-order valence-corrected chi connectivity index (χ4v) is 3.64. The van der Waals surface area contributed by atoms with Crippen molar-refractivity contribution in [3.8, 4) is 5.75 Å². The lowest BCUT2D eigenvalue weighted by atomic mass is 10.1. The van der Waals surface area contributed by atoms with Gasteiger partial charge in [0.2, 0.25) is 5.16 Å². The normalized spacial score (nSPS) is 11.5. The number of halogens is 4. The molecule has 0 amide bonds. The number of methoxy groups -OCH3 is 1. The number of hydrogen-bond donors (Lipinski definition) is 0. The molecule has 0 aliphatic carbocycles. The number of rotatable bonds is 3. The van der Waals surface area contributed by atoms with E-state index in [4.69, 9.17) is 4.74 Å². The molecule has 0 bridgehead atoms. The molecule has 1 aromatic carbocycles. The molecule has 3 heterocycles. The molecule has 0 aliphatic rings. The second-order valence-electron chi connectivity index (χ2n) is 5.64. The maximum atomic E-state index is 14.0. The van der Waals surface area contributed by atoms with Crippen LogP contribution in [0.3, 0.4) is 0 Å². The molecule has 0 spiro atoms. The Kier molecular flexibility index (Phi) is 4.14. The summed E-state index contributed by atoms with van der Waals surface area (Å²) in [5.74, 6) is -6.09. The van der Waals surface area contributed by atoms with Crippen LogP contribution in [0.25, 0.3) is 16.6 Å². The van der Waals surface area contributed by atoms with Gasteiger partial charge >= 0.3 is 0 Å². The van der Waals surface area contributed by atoms with E-state index in [-0.39, 0.29) is 5.16 Å². The van der Waals surface area contributed by atoms with Gasteiger partial charge in [-0.1, -0.05) is 0 Å². The van der Waals surface area contributed by atoms with Crippen LogP contribution < -0.4 is 4.74 Å². The molecular formula is C17H10F4N4OS. The zero-order chi connectivity index (χ0) is 19.3. The Hall–Kier alpha value is -2.88. The molecule has 0 saturated heterocycles. The third-order valence-electron chi connectivity index (χ3n) is 4.03. The number of nitrogens with zero attached hydrogens (tertiary/aromatic N) is 4. The van der Waals surface area contributed by atoms with E-state index >= 15 is 0 Å². The van der Waals surface area contributed by atoms with Gasteiger partial charge in [-0.05, 0) is 42.4 Å². The molecule has 10 heteroatoms. The molecule has 0 fully saturated rings. The summed E-state index contributed by atoms with van der Waals surface area (Å²) in [6.45, 7) is 1.88. The lowest BCUT2D eigenvalue weighted by molar-refractivity contribution is 0.383. The molecule has 0 N–H and O–H groups in total. The van der Waals surface area contributed by atoms with Crippen LogP contribution in [0.5, 0.6) is 5.75 Å². The van der Waals surface area contributed by atoms with Gasteiger partial charge < -0.3 is 4.74 Å². The molecule has 5 nitrogen and oxygen atoms in total. The van der Waals surface area contributed by atoms with Crippen molar-refractivity contribution in [3.63, 3.8) is 0 Å². The van der Waals surface area contributed by atoms with Crippen molar-refractivity contribution in [1.82, 2.24) is 19.6 Å². The smallest absolute Gasteiger partial charge is 0.252 e. The van der Waals surface area contributed by atoms with E-state index in [0.29, 0.717) is 28.7 Å². The zero-order valence-corrected chi connectivity index (χ0v) is 14.7. The Morgan fingerprint density at radius 2 is 1.70 bits per heavy atom. The van der Waals surface area contributed by atoms with E-state index in [0.717, 1.165) is 10.9 Å². The van der Waals surface area contributed by atoms with Gasteiger partial charge in [-0.2, -0.15) is 13.8 Å². The fraction of sp³-hybridized carbons (Fsp3) is 0.118. The molecule has 0 radical (unpaired) electrons. The average Bonchev–Trinajstić information content (AvgIpc) is 3.06. The molecule has 27 heavy (non-hydrogen) atoms. The number of pyridine rings is 2. The molecule has 0 saturated carbocycles. The Morgan fingerprint density at radius 1 is 1.00 bits per heavy atom. The van der Waals surface area contributed by atoms with Crippen LogP contribution in [0.15, 0.2) is 34.3 Å². The van der Waals surface area contributed by atoms with Crippen molar-refractivity contribution < 1.29 is 22.3 Å². The Labute approximate surface area is 154 Å². The summed E-state index contributed by atoms with van der Waals surface area (Å²) in [5, 5.41) is 8.77.